The number of rotatable bonds is 4. The highest BCUT2D eigenvalue weighted by Crippen LogP contribution is 2.00. The van der Waals surface area contributed by atoms with Crippen molar-refractivity contribution >= 4 is 0 Å². The molecule has 0 saturated carbocycles. The van der Waals surface area contributed by atoms with Gasteiger partial charge >= 0.3 is 5.69 Å². The zero-order valence-electron chi connectivity index (χ0n) is 9.47. The van der Waals surface area contributed by atoms with Gasteiger partial charge in [-0.25, -0.2) is 4.79 Å². The van der Waals surface area contributed by atoms with Crippen molar-refractivity contribution < 1.29 is 0 Å². The second-order valence-corrected chi connectivity index (χ2v) is 3.89. The van der Waals surface area contributed by atoms with Gasteiger partial charge < -0.3 is 0 Å². The van der Waals surface area contributed by atoms with Crippen LogP contribution in [0.2, 0.25) is 0 Å². The molecular weight excluding hydrogens is 200 g/mol. The summed E-state index contributed by atoms with van der Waals surface area (Å²) < 4.78 is 3.49. The summed E-state index contributed by atoms with van der Waals surface area (Å²) in [6, 6.07) is 10.0. The highest BCUT2D eigenvalue weighted by Gasteiger charge is 2.02. The average Bonchev–Trinajstić information content (AvgIpc) is 2.64. The third-order valence-corrected chi connectivity index (χ3v) is 2.58. The Kier molecular flexibility index (Phi) is 3.25. The normalized spacial score (nSPS) is 10.6. The Morgan fingerprint density at radius 1 is 1.06 bits per heavy atom. The quantitative estimate of drug-likeness (QED) is 0.769. The number of aromatic nitrogens is 2. The van der Waals surface area contributed by atoms with E-state index in [1.807, 2.05) is 42.7 Å². The molecule has 0 atom stereocenters. The van der Waals surface area contributed by atoms with Crippen molar-refractivity contribution in [3.63, 3.8) is 0 Å². The van der Waals surface area contributed by atoms with Gasteiger partial charge in [-0.05, 0) is 12.0 Å². The van der Waals surface area contributed by atoms with E-state index in [4.69, 9.17) is 0 Å². The molecule has 2 aromatic rings. The molecule has 0 N–H and O–H groups in total. The van der Waals surface area contributed by atoms with E-state index in [0.29, 0.717) is 6.54 Å². The predicted molar refractivity (Wildman–Crippen MR) is 64.5 cm³/mol. The molecule has 0 radical (unpaired) electrons. The van der Waals surface area contributed by atoms with Gasteiger partial charge in [0.25, 0.3) is 0 Å². The Morgan fingerprint density at radius 3 is 2.44 bits per heavy atom. The lowest BCUT2D eigenvalue weighted by atomic mass is 10.2. The summed E-state index contributed by atoms with van der Waals surface area (Å²) in [5.41, 5.74) is 1.23. The summed E-state index contributed by atoms with van der Waals surface area (Å²) >= 11 is 0. The van der Waals surface area contributed by atoms with Crippen LogP contribution in [-0.4, -0.2) is 9.13 Å². The highest BCUT2D eigenvalue weighted by atomic mass is 16.1. The van der Waals surface area contributed by atoms with Crippen LogP contribution in [0.1, 0.15) is 18.9 Å². The van der Waals surface area contributed by atoms with Gasteiger partial charge in [0.05, 0.1) is 6.54 Å². The van der Waals surface area contributed by atoms with Crippen LogP contribution in [0.15, 0.2) is 47.5 Å². The van der Waals surface area contributed by atoms with E-state index < -0.39 is 0 Å². The van der Waals surface area contributed by atoms with Gasteiger partial charge in [-0.2, -0.15) is 0 Å². The first kappa shape index (κ1) is 10.7. The van der Waals surface area contributed by atoms with Gasteiger partial charge in [-0.1, -0.05) is 37.3 Å². The number of benzene rings is 1. The van der Waals surface area contributed by atoms with Crippen LogP contribution in [0.5, 0.6) is 0 Å². The fourth-order valence-electron chi connectivity index (χ4n) is 1.76. The molecule has 0 aliphatic carbocycles. The van der Waals surface area contributed by atoms with Crippen molar-refractivity contribution in [1.82, 2.24) is 9.13 Å². The molecular formula is C13H16N2O. The second-order valence-electron chi connectivity index (χ2n) is 3.89. The molecule has 84 valence electrons. The minimum absolute atomic E-state index is 0.0747. The lowest BCUT2D eigenvalue weighted by Crippen LogP contribution is -2.24. The van der Waals surface area contributed by atoms with Crippen LogP contribution in [0.3, 0.4) is 0 Å². The summed E-state index contributed by atoms with van der Waals surface area (Å²) in [6.45, 7) is 3.51. The average molecular weight is 216 g/mol. The topological polar surface area (TPSA) is 26.9 Å². The van der Waals surface area contributed by atoms with Gasteiger partial charge in [0, 0.05) is 18.9 Å². The van der Waals surface area contributed by atoms with E-state index in [1.54, 1.807) is 9.13 Å². The fraction of sp³-hybridized carbons (Fsp3) is 0.308. The minimum atomic E-state index is 0.0747. The first-order valence-corrected chi connectivity index (χ1v) is 5.60. The molecule has 0 fully saturated rings. The van der Waals surface area contributed by atoms with Gasteiger partial charge in [-0.15, -0.1) is 0 Å². The molecule has 0 aliphatic heterocycles. The maximum atomic E-state index is 11.9. The zero-order chi connectivity index (χ0) is 11.4. The monoisotopic (exact) mass is 216 g/mol. The SMILES string of the molecule is CCCn1ccn(Cc2ccccc2)c1=O. The maximum absolute atomic E-state index is 11.9. The minimum Gasteiger partial charge on any atom is -0.299 e. The molecule has 0 bridgehead atoms. The van der Waals surface area contributed by atoms with Crippen LogP contribution in [0.4, 0.5) is 0 Å². The molecule has 16 heavy (non-hydrogen) atoms. The molecule has 0 aliphatic rings. The van der Waals surface area contributed by atoms with E-state index in [9.17, 15) is 4.79 Å². The summed E-state index contributed by atoms with van der Waals surface area (Å²) in [7, 11) is 0. The van der Waals surface area contributed by atoms with Crippen molar-refractivity contribution in [3.05, 3.63) is 58.8 Å². The lowest BCUT2D eigenvalue weighted by molar-refractivity contribution is 0.624. The molecule has 0 spiro atoms. The highest BCUT2D eigenvalue weighted by molar-refractivity contribution is 5.15. The van der Waals surface area contributed by atoms with E-state index in [2.05, 4.69) is 6.92 Å². The van der Waals surface area contributed by atoms with Crippen molar-refractivity contribution in [3.8, 4) is 0 Å². The Balaban J connectivity index is 2.20. The van der Waals surface area contributed by atoms with Crippen LogP contribution >= 0.6 is 0 Å². The van der Waals surface area contributed by atoms with Gasteiger partial charge in [0.15, 0.2) is 0 Å². The number of aryl methyl sites for hydroxylation is 1. The molecule has 0 saturated heterocycles. The Bertz CT molecular complexity index is 496. The number of nitrogens with zero attached hydrogens (tertiary/aromatic N) is 2. The van der Waals surface area contributed by atoms with Gasteiger partial charge in [0.1, 0.15) is 0 Å². The fourth-order valence-corrected chi connectivity index (χ4v) is 1.76. The number of imidazole rings is 1. The van der Waals surface area contributed by atoms with Gasteiger partial charge in [0.2, 0.25) is 0 Å². The van der Waals surface area contributed by atoms with Crippen LogP contribution in [-0.2, 0) is 13.1 Å². The number of hydrogen-bond acceptors (Lipinski definition) is 1. The van der Waals surface area contributed by atoms with E-state index in [1.165, 1.54) is 0 Å². The summed E-state index contributed by atoms with van der Waals surface area (Å²) in [4.78, 5) is 11.9. The molecule has 0 amide bonds. The van der Waals surface area contributed by atoms with E-state index in [-0.39, 0.29) is 5.69 Å². The van der Waals surface area contributed by atoms with Crippen molar-refractivity contribution in [2.24, 2.45) is 0 Å². The van der Waals surface area contributed by atoms with Crippen molar-refractivity contribution in [2.75, 3.05) is 0 Å². The lowest BCUT2D eigenvalue weighted by Gasteiger charge is -2.01. The predicted octanol–water partition coefficient (Wildman–Crippen LogP) is 2.11. The van der Waals surface area contributed by atoms with Crippen LogP contribution in [0, 0.1) is 0 Å². The third kappa shape index (κ3) is 2.24. The van der Waals surface area contributed by atoms with Crippen molar-refractivity contribution in [1.29, 1.82) is 0 Å². The smallest absolute Gasteiger partial charge is 0.299 e. The molecule has 3 heteroatoms. The molecule has 1 aromatic carbocycles. The van der Waals surface area contributed by atoms with Gasteiger partial charge in [-0.3, -0.25) is 9.13 Å². The first-order valence-electron chi connectivity index (χ1n) is 5.60. The first-order chi connectivity index (χ1) is 7.81. The zero-order valence-corrected chi connectivity index (χ0v) is 9.47. The molecule has 2 rings (SSSR count). The van der Waals surface area contributed by atoms with Crippen molar-refractivity contribution in [2.45, 2.75) is 26.4 Å². The summed E-state index contributed by atoms with van der Waals surface area (Å²) in [5, 5.41) is 0. The summed E-state index contributed by atoms with van der Waals surface area (Å²) in [6.07, 6.45) is 4.69. The van der Waals surface area contributed by atoms with E-state index >= 15 is 0 Å². The third-order valence-electron chi connectivity index (χ3n) is 2.58. The summed E-state index contributed by atoms with van der Waals surface area (Å²) in [5.74, 6) is 0. The Hall–Kier alpha value is -1.77. The van der Waals surface area contributed by atoms with E-state index in [0.717, 1.165) is 18.5 Å². The Morgan fingerprint density at radius 2 is 1.75 bits per heavy atom. The van der Waals surface area contributed by atoms with Crippen LogP contribution in [0.25, 0.3) is 0 Å². The molecule has 1 heterocycles. The molecule has 3 nitrogen and oxygen atoms in total. The molecule has 1 aromatic heterocycles. The Labute approximate surface area is 95.0 Å². The second kappa shape index (κ2) is 4.84. The number of hydrogen-bond donors (Lipinski definition) is 0. The molecule has 0 unspecified atom stereocenters. The van der Waals surface area contributed by atoms with Crippen LogP contribution < -0.4 is 5.69 Å². The largest absolute Gasteiger partial charge is 0.328 e. The standard InChI is InChI=1S/C13H16N2O/c1-2-8-14-9-10-15(13(14)16)11-12-6-4-3-5-7-12/h3-7,9-10H,2,8,11H2,1H3. The maximum Gasteiger partial charge on any atom is 0.328 e.